The van der Waals surface area contributed by atoms with Crippen LogP contribution in [0.25, 0.3) is 10.8 Å². The molecule has 106 valence electrons. The van der Waals surface area contributed by atoms with Gasteiger partial charge in [0.05, 0.1) is 5.38 Å². The number of hydrogen-bond donors (Lipinski definition) is 0. The minimum absolute atomic E-state index is 0.314. The minimum atomic E-state index is -0.401. The van der Waals surface area contributed by atoms with E-state index in [2.05, 4.69) is 6.07 Å². The first-order valence-electron chi connectivity index (χ1n) is 6.64. The molecule has 0 aliphatic heterocycles. The molecule has 0 saturated heterocycles. The van der Waals surface area contributed by atoms with Gasteiger partial charge in [-0.2, -0.15) is 0 Å². The van der Waals surface area contributed by atoms with Crippen LogP contribution >= 0.6 is 23.2 Å². The molecule has 0 amide bonds. The van der Waals surface area contributed by atoms with Gasteiger partial charge in [0.15, 0.2) is 0 Å². The number of alkyl halides is 1. The topological polar surface area (TPSA) is 0 Å². The van der Waals surface area contributed by atoms with Gasteiger partial charge < -0.3 is 0 Å². The minimum Gasteiger partial charge on any atom is -0.207 e. The van der Waals surface area contributed by atoms with Gasteiger partial charge in [-0.05, 0) is 52.6 Å². The number of fused-ring (bicyclic) bond motifs is 1. The van der Waals surface area contributed by atoms with Crippen molar-refractivity contribution in [3.05, 3.63) is 82.1 Å². The zero-order chi connectivity index (χ0) is 15.0. The van der Waals surface area contributed by atoms with E-state index in [4.69, 9.17) is 23.2 Å². The van der Waals surface area contributed by atoms with E-state index < -0.39 is 5.38 Å². The molecule has 1 unspecified atom stereocenters. The first kappa shape index (κ1) is 14.4. The van der Waals surface area contributed by atoms with Crippen molar-refractivity contribution in [3.8, 4) is 0 Å². The van der Waals surface area contributed by atoms with Crippen LogP contribution < -0.4 is 0 Å². The predicted octanol–water partition coefficient (Wildman–Crippen LogP) is 6.27. The largest absolute Gasteiger partial charge is 0.207 e. The van der Waals surface area contributed by atoms with Gasteiger partial charge in [-0.1, -0.05) is 48.0 Å². The van der Waals surface area contributed by atoms with Crippen LogP contribution in [0.1, 0.15) is 22.1 Å². The van der Waals surface area contributed by atoms with Crippen molar-refractivity contribution in [2.24, 2.45) is 0 Å². The van der Waals surface area contributed by atoms with E-state index in [0.717, 1.165) is 21.9 Å². The van der Waals surface area contributed by atoms with Crippen molar-refractivity contribution in [1.29, 1.82) is 0 Å². The lowest BCUT2D eigenvalue weighted by atomic mass is 9.99. The second kappa shape index (κ2) is 5.67. The van der Waals surface area contributed by atoms with E-state index >= 15 is 0 Å². The predicted molar refractivity (Wildman–Crippen MR) is 87.8 cm³/mol. The first-order chi connectivity index (χ1) is 10.1. The van der Waals surface area contributed by atoms with E-state index in [9.17, 15) is 4.39 Å². The molecule has 0 fully saturated rings. The van der Waals surface area contributed by atoms with Crippen LogP contribution in [0.2, 0.25) is 5.02 Å². The highest BCUT2D eigenvalue weighted by atomic mass is 35.5. The second-order valence-electron chi connectivity index (χ2n) is 5.09. The molecule has 3 aromatic carbocycles. The van der Waals surface area contributed by atoms with Crippen molar-refractivity contribution < 1.29 is 4.39 Å². The maximum atomic E-state index is 13.5. The third-order valence-electron chi connectivity index (χ3n) is 3.62. The molecule has 0 spiro atoms. The van der Waals surface area contributed by atoms with Gasteiger partial charge in [-0.3, -0.25) is 0 Å². The zero-order valence-corrected chi connectivity index (χ0v) is 12.9. The quantitative estimate of drug-likeness (QED) is 0.488. The van der Waals surface area contributed by atoms with Gasteiger partial charge in [0.2, 0.25) is 0 Å². The lowest BCUT2D eigenvalue weighted by molar-refractivity contribution is 0.618. The van der Waals surface area contributed by atoms with E-state index in [-0.39, 0.29) is 5.82 Å². The number of hydrogen-bond acceptors (Lipinski definition) is 0. The van der Waals surface area contributed by atoms with Gasteiger partial charge in [0.25, 0.3) is 0 Å². The molecule has 21 heavy (non-hydrogen) atoms. The summed E-state index contributed by atoms with van der Waals surface area (Å²) < 4.78 is 13.5. The summed E-state index contributed by atoms with van der Waals surface area (Å²) in [6.07, 6.45) is 0. The second-order valence-corrected chi connectivity index (χ2v) is 5.94. The summed E-state index contributed by atoms with van der Waals surface area (Å²) in [6.45, 7) is 1.71. The SMILES string of the molecule is Cc1cc(C(Cl)c2ccc3ccccc3c2)c(Cl)cc1F. The third kappa shape index (κ3) is 2.76. The highest BCUT2D eigenvalue weighted by Crippen LogP contribution is 2.36. The average molecular weight is 319 g/mol. The van der Waals surface area contributed by atoms with Gasteiger partial charge in [0.1, 0.15) is 5.82 Å². The standard InChI is InChI=1S/C18H13Cl2F/c1-11-8-15(16(19)10-17(11)21)18(20)14-7-6-12-4-2-3-5-13(12)9-14/h2-10,18H,1H3. The molecule has 0 radical (unpaired) electrons. The summed E-state index contributed by atoms with van der Waals surface area (Å²) in [5.74, 6) is -0.314. The van der Waals surface area contributed by atoms with Crippen LogP contribution in [0.5, 0.6) is 0 Å². The third-order valence-corrected chi connectivity index (χ3v) is 4.43. The van der Waals surface area contributed by atoms with Gasteiger partial charge in [-0.25, -0.2) is 4.39 Å². The van der Waals surface area contributed by atoms with Gasteiger partial charge in [0, 0.05) is 5.02 Å². The Morgan fingerprint density at radius 3 is 2.43 bits per heavy atom. The Labute approximate surface area is 133 Å². The van der Waals surface area contributed by atoms with E-state index in [1.54, 1.807) is 13.0 Å². The average Bonchev–Trinajstić information content (AvgIpc) is 2.50. The highest BCUT2D eigenvalue weighted by molar-refractivity contribution is 6.33. The lowest BCUT2D eigenvalue weighted by Gasteiger charge is -2.14. The summed E-state index contributed by atoms with van der Waals surface area (Å²) >= 11 is 12.7. The molecule has 1 atom stereocenters. The van der Waals surface area contributed by atoms with Gasteiger partial charge in [-0.15, -0.1) is 11.6 Å². The summed E-state index contributed by atoms with van der Waals surface area (Å²) in [7, 11) is 0. The van der Waals surface area contributed by atoms with Crippen LogP contribution in [-0.2, 0) is 0 Å². The molecule has 0 N–H and O–H groups in total. The van der Waals surface area contributed by atoms with Crippen molar-refractivity contribution in [2.75, 3.05) is 0 Å². The highest BCUT2D eigenvalue weighted by Gasteiger charge is 2.16. The number of aryl methyl sites for hydroxylation is 1. The smallest absolute Gasteiger partial charge is 0.127 e. The normalized spacial score (nSPS) is 12.6. The fraction of sp³-hybridized carbons (Fsp3) is 0.111. The Kier molecular flexibility index (Phi) is 3.88. The molecule has 0 saturated carbocycles. The van der Waals surface area contributed by atoms with E-state index in [0.29, 0.717) is 10.6 Å². The molecule has 3 rings (SSSR count). The van der Waals surface area contributed by atoms with E-state index in [1.807, 2.05) is 36.4 Å². The summed E-state index contributed by atoms with van der Waals surface area (Å²) in [4.78, 5) is 0. The lowest BCUT2D eigenvalue weighted by Crippen LogP contribution is -1.97. The molecule has 0 aliphatic rings. The Morgan fingerprint density at radius 2 is 1.67 bits per heavy atom. The molecule has 0 bridgehead atoms. The molecule has 0 nitrogen and oxygen atoms in total. The molecular formula is C18H13Cl2F. The molecule has 3 heteroatoms. The van der Waals surface area contributed by atoms with Gasteiger partial charge >= 0.3 is 0 Å². The fourth-order valence-electron chi connectivity index (χ4n) is 2.42. The van der Waals surface area contributed by atoms with E-state index in [1.165, 1.54) is 6.07 Å². The molecule has 0 aromatic heterocycles. The number of benzene rings is 3. The van der Waals surface area contributed by atoms with Crippen molar-refractivity contribution in [3.63, 3.8) is 0 Å². The Bertz CT molecular complexity index is 811. The van der Waals surface area contributed by atoms with Crippen molar-refractivity contribution >= 4 is 34.0 Å². The van der Waals surface area contributed by atoms with Crippen LogP contribution in [0, 0.1) is 12.7 Å². The number of rotatable bonds is 2. The van der Waals surface area contributed by atoms with Crippen molar-refractivity contribution in [1.82, 2.24) is 0 Å². The summed E-state index contributed by atoms with van der Waals surface area (Å²) in [5, 5.41) is 2.23. The van der Waals surface area contributed by atoms with Crippen LogP contribution in [0.3, 0.4) is 0 Å². The maximum absolute atomic E-state index is 13.5. The number of halogens is 3. The zero-order valence-electron chi connectivity index (χ0n) is 11.4. The van der Waals surface area contributed by atoms with Crippen molar-refractivity contribution in [2.45, 2.75) is 12.3 Å². The summed E-state index contributed by atoms with van der Waals surface area (Å²) in [6, 6.07) is 17.2. The molecular weight excluding hydrogens is 306 g/mol. The molecule has 3 aromatic rings. The Morgan fingerprint density at radius 1 is 0.952 bits per heavy atom. The first-order valence-corrected chi connectivity index (χ1v) is 7.46. The summed E-state index contributed by atoms with van der Waals surface area (Å²) in [5.41, 5.74) is 2.22. The molecule has 0 heterocycles. The Hall–Kier alpha value is -1.57. The van der Waals surface area contributed by atoms with Crippen LogP contribution in [0.4, 0.5) is 4.39 Å². The van der Waals surface area contributed by atoms with Crippen LogP contribution in [-0.4, -0.2) is 0 Å². The maximum Gasteiger partial charge on any atom is 0.127 e. The fourth-order valence-corrected chi connectivity index (χ4v) is 3.05. The monoisotopic (exact) mass is 318 g/mol. The van der Waals surface area contributed by atoms with Crippen LogP contribution in [0.15, 0.2) is 54.6 Å². The Balaban J connectivity index is 2.07. The molecule has 0 aliphatic carbocycles.